The molecule has 0 atom stereocenters. The normalized spacial score (nSPS) is 14.3. The summed E-state index contributed by atoms with van der Waals surface area (Å²) in [5, 5.41) is 0. The summed E-state index contributed by atoms with van der Waals surface area (Å²) in [7, 11) is 0. The number of nitrogens with two attached hydrogens (primary N) is 2. The molecule has 0 aliphatic carbocycles. The summed E-state index contributed by atoms with van der Waals surface area (Å²) in [5.41, 5.74) is -31.8. The monoisotopic (exact) mass is 1090 g/mol. The van der Waals surface area contributed by atoms with Gasteiger partial charge in [-0.05, 0) is 56.6 Å². The van der Waals surface area contributed by atoms with Crippen LogP contribution in [0.4, 0.5) is 117 Å². The fourth-order valence-electron chi connectivity index (χ4n) is 9.29. The lowest BCUT2D eigenvalue weighted by molar-refractivity contribution is -0.292. The van der Waals surface area contributed by atoms with E-state index < -0.39 is 150 Å². The second-order valence-corrected chi connectivity index (χ2v) is 16.5. The molecule has 74 heavy (non-hydrogen) atoms. The predicted molar refractivity (Wildman–Crippen MR) is 218 cm³/mol. The van der Waals surface area contributed by atoms with Crippen LogP contribution >= 0.6 is 0 Å². The highest BCUT2D eigenvalue weighted by atomic mass is 19.4. The van der Waals surface area contributed by atoms with Crippen molar-refractivity contribution in [1.82, 2.24) is 0 Å². The maximum atomic E-state index is 15.3. The van der Waals surface area contributed by atoms with Gasteiger partial charge in [0, 0.05) is 22.5 Å². The molecule has 6 rings (SSSR count). The SMILES string of the molecule is Nc1ccc(C(c2ccc(-c3ccc(C(c4ccc(N)c(C(c5ccccc5)(C(F)(F)F)C(F)(F)F)c4)(C(F)(F)F)C(F)(F)F)cc3)cc2)(C(F)(F)F)C(F)(F)F)cc1C(c1ccccc1)(C(F)(F)F)C(F)(F)F. The Bertz CT molecular complexity index is 2680. The number of alkyl halides is 24. The van der Waals surface area contributed by atoms with E-state index in [0.29, 0.717) is 48.5 Å². The van der Waals surface area contributed by atoms with Gasteiger partial charge in [-0.25, -0.2) is 0 Å². The fraction of sp³-hybridized carbons (Fsp3) is 0.250. The number of anilines is 2. The summed E-state index contributed by atoms with van der Waals surface area (Å²) >= 11 is 0. The summed E-state index contributed by atoms with van der Waals surface area (Å²) in [4.78, 5) is 0. The van der Waals surface area contributed by atoms with Crippen molar-refractivity contribution >= 4 is 11.4 Å². The highest BCUT2D eigenvalue weighted by Crippen LogP contribution is 2.63. The Morgan fingerprint density at radius 1 is 0.216 bits per heavy atom. The minimum atomic E-state index is -6.71. The molecule has 0 saturated carbocycles. The van der Waals surface area contributed by atoms with Crippen molar-refractivity contribution in [2.24, 2.45) is 0 Å². The van der Waals surface area contributed by atoms with Gasteiger partial charge in [0.05, 0.1) is 0 Å². The van der Waals surface area contributed by atoms with Crippen LogP contribution in [0.1, 0.15) is 44.5 Å². The van der Waals surface area contributed by atoms with Crippen molar-refractivity contribution in [2.45, 2.75) is 71.1 Å². The molecule has 6 aromatic rings. The van der Waals surface area contributed by atoms with E-state index in [2.05, 4.69) is 0 Å². The molecule has 0 unspecified atom stereocenters. The number of halogens is 24. The minimum Gasteiger partial charge on any atom is -0.398 e. The lowest BCUT2D eigenvalue weighted by Gasteiger charge is -2.41. The molecule has 0 spiro atoms. The molecule has 2 nitrogen and oxygen atoms in total. The van der Waals surface area contributed by atoms with E-state index in [1.165, 1.54) is 0 Å². The first-order chi connectivity index (χ1) is 33.6. The smallest absolute Gasteiger partial charge is 0.398 e. The van der Waals surface area contributed by atoms with Crippen LogP contribution in [-0.2, 0) is 21.7 Å². The molecule has 0 saturated heterocycles. The van der Waals surface area contributed by atoms with Crippen LogP contribution in [0.3, 0.4) is 0 Å². The third kappa shape index (κ3) is 8.38. The Labute approximate surface area is 400 Å². The molecule has 6 aromatic carbocycles. The Balaban J connectivity index is 1.56. The van der Waals surface area contributed by atoms with Crippen LogP contribution in [0.5, 0.6) is 0 Å². The Morgan fingerprint density at radius 3 is 0.635 bits per heavy atom. The third-order valence-corrected chi connectivity index (χ3v) is 12.6. The van der Waals surface area contributed by atoms with Gasteiger partial charge in [0.2, 0.25) is 21.7 Å². The van der Waals surface area contributed by atoms with Gasteiger partial charge in [0.1, 0.15) is 0 Å². The van der Waals surface area contributed by atoms with Crippen LogP contribution in [0.2, 0.25) is 0 Å². The molecule has 0 radical (unpaired) electrons. The Morgan fingerprint density at radius 2 is 0.419 bits per heavy atom. The van der Waals surface area contributed by atoms with E-state index in [0.717, 1.165) is 12.1 Å². The molecule has 4 N–H and O–H groups in total. The molecule has 0 fully saturated rings. The van der Waals surface area contributed by atoms with Crippen molar-refractivity contribution < 1.29 is 105 Å². The number of nitrogen functional groups attached to an aromatic ring is 2. The van der Waals surface area contributed by atoms with Crippen molar-refractivity contribution in [1.29, 1.82) is 0 Å². The lowest BCUT2D eigenvalue weighted by Crippen LogP contribution is -2.56. The van der Waals surface area contributed by atoms with Crippen LogP contribution in [-0.4, -0.2) is 49.4 Å². The molecule has 0 aromatic heterocycles. The minimum absolute atomic E-state index is 0.00979. The number of benzene rings is 6. The van der Waals surface area contributed by atoms with Gasteiger partial charge in [0.15, 0.2) is 0 Å². The number of hydrogen-bond donors (Lipinski definition) is 2. The van der Waals surface area contributed by atoms with Crippen molar-refractivity contribution in [3.8, 4) is 11.1 Å². The second kappa shape index (κ2) is 18.0. The summed E-state index contributed by atoms with van der Waals surface area (Å²) in [6.45, 7) is 0. The number of rotatable bonds is 9. The standard InChI is InChI=1S/C48H28F24N2/c49-41(50,51)37(42(52,53)54,31-19-21-35(73)33(23-31)39(45(61,62)63,46(64,65)66)27-7-3-1-4-8-27)29-15-11-25(12-16-29)26-13-17-30(18-14-26)38(43(55,56)57,44(58,59)60)32-20-22-36(74)34(24-32)40(47(67,68)69,48(70,71)72)28-9-5-2-6-10-28/h1-24H,73-74H2. The predicted octanol–water partition coefficient (Wildman–Crippen LogP) is 16.2. The zero-order valence-corrected chi connectivity index (χ0v) is 36.1. The van der Waals surface area contributed by atoms with Gasteiger partial charge in [-0.3, -0.25) is 0 Å². The van der Waals surface area contributed by atoms with Crippen LogP contribution in [0.15, 0.2) is 146 Å². The summed E-state index contributed by atoms with van der Waals surface area (Å²) in [6.07, 6.45) is -53.1. The third-order valence-electron chi connectivity index (χ3n) is 12.6. The Kier molecular flexibility index (Phi) is 13.7. The first kappa shape index (κ1) is 56.5. The van der Waals surface area contributed by atoms with Gasteiger partial charge in [-0.15, -0.1) is 0 Å². The Hall–Kier alpha value is -6.76. The summed E-state index contributed by atoms with van der Waals surface area (Å²) in [6, 6.07) is 5.10. The summed E-state index contributed by atoms with van der Waals surface area (Å²) < 4.78 is 363. The van der Waals surface area contributed by atoms with Crippen LogP contribution in [0.25, 0.3) is 11.1 Å². The van der Waals surface area contributed by atoms with E-state index in [1.807, 2.05) is 0 Å². The van der Waals surface area contributed by atoms with Crippen LogP contribution < -0.4 is 11.5 Å². The van der Waals surface area contributed by atoms with Gasteiger partial charge in [-0.2, -0.15) is 105 Å². The van der Waals surface area contributed by atoms with E-state index in [-0.39, 0.29) is 72.8 Å². The fourth-order valence-corrected chi connectivity index (χ4v) is 9.29. The molecule has 0 aliphatic heterocycles. The second-order valence-electron chi connectivity index (χ2n) is 16.5. The largest absolute Gasteiger partial charge is 0.411 e. The molecule has 0 bridgehead atoms. The zero-order chi connectivity index (χ0) is 55.9. The van der Waals surface area contributed by atoms with E-state index in [4.69, 9.17) is 11.5 Å². The van der Waals surface area contributed by atoms with Crippen LogP contribution in [0, 0.1) is 0 Å². The van der Waals surface area contributed by atoms with E-state index in [9.17, 15) is 52.7 Å². The van der Waals surface area contributed by atoms with Crippen molar-refractivity contribution in [3.05, 3.63) is 190 Å². The van der Waals surface area contributed by atoms with E-state index in [1.54, 1.807) is 0 Å². The van der Waals surface area contributed by atoms with Gasteiger partial charge in [-0.1, -0.05) is 133 Å². The van der Waals surface area contributed by atoms with Gasteiger partial charge < -0.3 is 11.5 Å². The maximum Gasteiger partial charge on any atom is 0.411 e. The van der Waals surface area contributed by atoms with Gasteiger partial charge >= 0.3 is 49.4 Å². The lowest BCUT2D eigenvalue weighted by atomic mass is 9.67. The first-order valence-electron chi connectivity index (χ1n) is 20.3. The quantitative estimate of drug-likeness (QED) is 0.112. The zero-order valence-electron chi connectivity index (χ0n) is 36.1. The van der Waals surface area contributed by atoms with E-state index >= 15 is 52.7 Å². The molecule has 0 heterocycles. The molecular weight excluding hydrogens is 1060 g/mol. The topological polar surface area (TPSA) is 52.0 Å². The maximum absolute atomic E-state index is 15.3. The molecule has 26 heteroatoms. The molecule has 0 aliphatic rings. The molecule has 398 valence electrons. The van der Waals surface area contributed by atoms with Crippen molar-refractivity contribution in [3.63, 3.8) is 0 Å². The molecule has 0 amide bonds. The van der Waals surface area contributed by atoms with Crippen molar-refractivity contribution in [2.75, 3.05) is 11.5 Å². The highest BCUT2D eigenvalue weighted by molar-refractivity contribution is 5.68. The molecular formula is C48H28F24N2. The number of hydrogen-bond acceptors (Lipinski definition) is 2. The first-order valence-corrected chi connectivity index (χ1v) is 20.3. The average Bonchev–Trinajstić information content (AvgIpc) is 3.24. The van der Waals surface area contributed by atoms with Gasteiger partial charge in [0.25, 0.3) is 0 Å². The highest BCUT2D eigenvalue weighted by Gasteiger charge is 2.77. The average molecular weight is 1090 g/mol. The summed E-state index contributed by atoms with van der Waals surface area (Å²) in [5.74, 6) is 0.